The van der Waals surface area contributed by atoms with E-state index in [1.807, 2.05) is 13.0 Å². The lowest BCUT2D eigenvalue weighted by molar-refractivity contribution is -0.112. The van der Waals surface area contributed by atoms with Gasteiger partial charge < -0.3 is 5.32 Å². The summed E-state index contributed by atoms with van der Waals surface area (Å²) in [5, 5.41) is 3.38. The fourth-order valence-corrected chi connectivity index (χ4v) is 3.79. The summed E-state index contributed by atoms with van der Waals surface area (Å²) in [4.78, 5) is 24.9. The molecule has 3 aliphatic rings. The molecule has 1 aliphatic heterocycles. The van der Waals surface area contributed by atoms with Crippen molar-refractivity contribution in [1.29, 1.82) is 0 Å². The summed E-state index contributed by atoms with van der Waals surface area (Å²) < 4.78 is 0. The van der Waals surface area contributed by atoms with Crippen LogP contribution in [0.25, 0.3) is 5.70 Å². The number of benzene rings is 1. The maximum Gasteiger partial charge on any atom is 0.234 e. The number of carbonyl (C=O) groups is 2. The van der Waals surface area contributed by atoms with Crippen molar-refractivity contribution < 1.29 is 9.59 Å². The molecule has 1 aromatic carbocycles. The Hall–Kier alpha value is -1.90. The number of carbonyl (C=O) groups excluding carboxylic acids is 2. The average Bonchev–Trinajstić information content (AvgIpc) is 2.86. The van der Waals surface area contributed by atoms with Gasteiger partial charge >= 0.3 is 0 Å². The van der Waals surface area contributed by atoms with E-state index < -0.39 is 0 Å². The number of nitrogens with one attached hydrogen (secondary N) is 1. The lowest BCUT2D eigenvalue weighted by Gasteiger charge is -2.24. The minimum absolute atomic E-state index is 0.235. The van der Waals surface area contributed by atoms with Gasteiger partial charge in [0.05, 0.1) is 0 Å². The van der Waals surface area contributed by atoms with Gasteiger partial charge in [0.2, 0.25) is 11.6 Å². The monoisotopic (exact) mass is 267 g/mol. The zero-order valence-electron chi connectivity index (χ0n) is 11.6. The van der Waals surface area contributed by atoms with Crippen molar-refractivity contribution in [3.8, 4) is 0 Å². The van der Waals surface area contributed by atoms with E-state index in [0.717, 1.165) is 36.1 Å². The molecular formula is C17H17NO2. The molecule has 4 rings (SSSR count). The van der Waals surface area contributed by atoms with Crippen LogP contribution in [0.4, 0.5) is 0 Å². The molecule has 1 atom stereocenters. The van der Waals surface area contributed by atoms with Gasteiger partial charge in [-0.25, -0.2) is 0 Å². The maximum absolute atomic E-state index is 12.5. The van der Waals surface area contributed by atoms with Crippen LogP contribution >= 0.6 is 0 Å². The van der Waals surface area contributed by atoms with Crippen LogP contribution in [0.1, 0.15) is 53.2 Å². The predicted molar refractivity (Wildman–Crippen MR) is 76.6 cm³/mol. The minimum atomic E-state index is -0.289. The van der Waals surface area contributed by atoms with Crippen LogP contribution in [0.3, 0.4) is 0 Å². The maximum atomic E-state index is 12.5. The van der Waals surface area contributed by atoms with Crippen LogP contribution in [0, 0.1) is 0 Å². The summed E-state index contributed by atoms with van der Waals surface area (Å²) in [5.74, 6) is -0.572. The van der Waals surface area contributed by atoms with E-state index >= 15 is 0 Å². The molecule has 1 aromatic rings. The smallest absolute Gasteiger partial charge is 0.234 e. The molecule has 0 spiro atoms. The normalized spacial score (nSPS) is 24.1. The van der Waals surface area contributed by atoms with E-state index in [4.69, 9.17) is 0 Å². The van der Waals surface area contributed by atoms with Crippen molar-refractivity contribution in [3.05, 3.63) is 40.0 Å². The molecule has 20 heavy (non-hydrogen) atoms. The summed E-state index contributed by atoms with van der Waals surface area (Å²) in [6, 6.07) is 4.41. The van der Waals surface area contributed by atoms with Crippen LogP contribution in [-0.2, 0) is 17.6 Å². The fraction of sp³-hybridized carbons (Fsp3) is 0.412. The molecule has 102 valence electrons. The lowest BCUT2D eigenvalue weighted by atomic mass is 9.79. The Morgan fingerprint density at radius 1 is 1.10 bits per heavy atom. The van der Waals surface area contributed by atoms with Gasteiger partial charge in [0.25, 0.3) is 0 Å². The van der Waals surface area contributed by atoms with Crippen molar-refractivity contribution in [3.63, 3.8) is 0 Å². The highest BCUT2D eigenvalue weighted by molar-refractivity contribution is 6.52. The number of ketones is 2. The molecule has 0 aromatic heterocycles. The van der Waals surface area contributed by atoms with Crippen LogP contribution < -0.4 is 5.32 Å². The Kier molecular flexibility index (Phi) is 2.40. The highest BCUT2D eigenvalue weighted by Gasteiger charge is 2.39. The van der Waals surface area contributed by atoms with Crippen molar-refractivity contribution in [2.75, 3.05) is 0 Å². The molecular weight excluding hydrogens is 250 g/mol. The van der Waals surface area contributed by atoms with Crippen LogP contribution in [0.15, 0.2) is 17.7 Å². The summed E-state index contributed by atoms with van der Waals surface area (Å²) >= 11 is 0. The van der Waals surface area contributed by atoms with E-state index in [1.54, 1.807) is 0 Å². The molecule has 0 amide bonds. The second-order valence-corrected chi connectivity index (χ2v) is 6.09. The molecule has 0 fully saturated rings. The van der Waals surface area contributed by atoms with Gasteiger partial charge in [-0.2, -0.15) is 0 Å². The lowest BCUT2D eigenvalue weighted by Crippen LogP contribution is -2.27. The van der Waals surface area contributed by atoms with Crippen molar-refractivity contribution >= 4 is 17.3 Å². The number of hydrogen-bond acceptors (Lipinski definition) is 3. The van der Waals surface area contributed by atoms with E-state index in [0.29, 0.717) is 17.6 Å². The van der Waals surface area contributed by atoms with E-state index in [1.165, 1.54) is 12.0 Å². The number of Topliss-reactive ketones (excluding diaryl/α,β-unsaturated/α-hetero) is 2. The van der Waals surface area contributed by atoms with Gasteiger partial charge in [-0.1, -0.05) is 12.1 Å². The standard InChI is InChI=1S/C17H17NO2/c1-9-8-13-15(18-9)12-7-6-10-4-2-3-5-11(10)14(12)17(20)16(13)19/h6-7,9,18H,2-5,8H2,1H3. The highest BCUT2D eigenvalue weighted by Crippen LogP contribution is 2.38. The Labute approximate surface area is 118 Å². The first-order chi connectivity index (χ1) is 9.66. The molecule has 3 nitrogen and oxygen atoms in total. The number of aryl methyl sites for hydroxylation is 1. The van der Waals surface area contributed by atoms with Gasteiger partial charge in [0.15, 0.2) is 0 Å². The second kappa shape index (κ2) is 4.05. The second-order valence-electron chi connectivity index (χ2n) is 6.09. The summed E-state index contributed by atoms with van der Waals surface area (Å²) in [7, 11) is 0. The van der Waals surface area contributed by atoms with Crippen LogP contribution in [-0.4, -0.2) is 17.6 Å². The topological polar surface area (TPSA) is 46.2 Å². The Balaban J connectivity index is 1.98. The predicted octanol–water partition coefficient (Wildman–Crippen LogP) is 2.42. The number of hydrogen-bond donors (Lipinski definition) is 1. The molecule has 0 saturated heterocycles. The highest BCUT2D eigenvalue weighted by atomic mass is 16.2. The van der Waals surface area contributed by atoms with Crippen molar-refractivity contribution in [2.45, 2.75) is 45.1 Å². The summed E-state index contributed by atoms with van der Waals surface area (Å²) in [6.07, 6.45) is 4.91. The van der Waals surface area contributed by atoms with Gasteiger partial charge in [0, 0.05) is 28.4 Å². The quantitative estimate of drug-likeness (QED) is 0.734. The summed E-state index contributed by atoms with van der Waals surface area (Å²) in [5.41, 5.74) is 5.62. The minimum Gasteiger partial charge on any atom is -0.381 e. The molecule has 3 heteroatoms. The molecule has 1 N–H and O–H groups in total. The Bertz CT molecular complexity index is 684. The van der Waals surface area contributed by atoms with Crippen LogP contribution in [0.5, 0.6) is 0 Å². The zero-order valence-corrected chi connectivity index (χ0v) is 11.6. The summed E-state index contributed by atoms with van der Waals surface area (Å²) in [6.45, 7) is 2.05. The molecule has 2 aliphatic carbocycles. The molecule has 1 unspecified atom stereocenters. The Morgan fingerprint density at radius 3 is 2.75 bits per heavy atom. The molecule has 0 radical (unpaired) electrons. The van der Waals surface area contributed by atoms with Gasteiger partial charge in [-0.15, -0.1) is 0 Å². The first-order valence-electron chi connectivity index (χ1n) is 7.40. The zero-order chi connectivity index (χ0) is 13.9. The van der Waals surface area contributed by atoms with E-state index in [-0.39, 0.29) is 17.6 Å². The third-order valence-electron chi connectivity index (χ3n) is 4.71. The van der Waals surface area contributed by atoms with E-state index in [2.05, 4.69) is 11.4 Å². The number of fused-ring (bicyclic) bond motifs is 4. The Morgan fingerprint density at radius 2 is 1.90 bits per heavy atom. The van der Waals surface area contributed by atoms with Gasteiger partial charge in [-0.05, 0) is 50.2 Å². The van der Waals surface area contributed by atoms with E-state index in [9.17, 15) is 9.59 Å². The third kappa shape index (κ3) is 1.46. The average molecular weight is 267 g/mol. The van der Waals surface area contributed by atoms with Crippen molar-refractivity contribution in [2.24, 2.45) is 0 Å². The SMILES string of the molecule is CC1CC2=C(N1)c1ccc3c(c1C(=O)C2=O)CCCC3. The van der Waals surface area contributed by atoms with Crippen molar-refractivity contribution in [1.82, 2.24) is 5.32 Å². The van der Waals surface area contributed by atoms with Gasteiger partial charge in [0.1, 0.15) is 0 Å². The first-order valence-corrected chi connectivity index (χ1v) is 7.40. The first kappa shape index (κ1) is 11.9. The molecule has 0 saturated carbocycles. The molecule has 1 heterocycles. The third-order valence-corrected chi connectivity index (χ3v) is 4.71. The number of rotatable bonds is 0. The largest absolute Gasteiger partial charge is 0.381 e. The molecule has 0 bridgehead atoms. The van der Waals surface area contributed by atoms with Crippen LogP contribution in [0.2, 0.25) is 0 Å². The van der Waals surface area contributed by atoms with Gasteiger partial charge in [-0.3, -0.25) is 9.59 Å². The fourth-order valence-electron chi connectivity index (χ4n) is 3.79.